The lowest BCUT2D eigenvalue weighted by atomic mass is 10.0. The van der Waals surface area contributed by atoms with Crippen LogP contribution < -0.4 is 10.2 Å². The third kappa shape index (κ3) is 9.22. The summed E-state index contributed by atoms with van der Waals surface area (Å²) in [6, 6.07) is 1.57. The van der Waals surface area contributed by atoms with Gasteiger partial charge in [-0.05, 0) is 69.7 Å². The number of ketones is 1. The van der Waals surface area contributed by atoms with Gasteiger partial charge in [0.05, 0.1) is 5.69 Å². The minimum atomic E-state index is -0.232. The van der Waals surface area contributed by atoms with Crippen LogP contribution in [0.1, 0.15) is 81.5 Å². The van der Waals surface area contributed by atoms with Crippen LogP contribution in [-0.2, 0) is 17.6 Å². The van der Waals surface area contributed by atoms with Crippen LogP contribution in [0.5, 0.6) is 0 Å². The fraction of sp³-hybridized carbons (Fsp3) is 0.567. The zero-order chi connectivity index (χ0) is 27.4. The Hall–Kier alpha value is -2.80. The molecule has 1 saturated heterocycles. The van der Waals surface area contributed by atoms with Crippen molar-refractivity contribution in [3.05, 3.63) is 58.6 Å². The van der Waals surface area contributed by atoms with Crippen LogP contribution in [0.15, 0.2) is 24.7 Å². The average Bonchev–Trinajstić information content (AvgIpc) is 3.24. The van der Waals surface area contributed by atoms with Gasteiger partial charge in [0.1, 0.15) is 5.78 Å². The van der Waals surface area contributed by atoms with E-state index in [1.54, 1.807) is 17.4 Å². The maximum atomic E-state index is 13.5. The first-order valence-electron chi connectivity index (χ1n) is 13.8. The predicted molar refractivity (Wildman–Crippen MR) is 152 cm³/mol. The molecule has 37 heavy (non-hydrogen) atoms. The number of nitrogens with zero attached hydrogens (tertiary/aromatic N) is 4. The van der Waals surface area contributed by atoms with E-state index in [1.165, 1.54) is 28.9 Å². The minimum Gasteiger partial charge on any atom is -0.368 e. The van der Waals surface area contributed by atoms with E-state index in [4.69, 9.17) is 0 Å². The number of piperazine rings is 1. The third-order valence-electron chi connectivity index (χ3n) is 6.31. The Kier molecular flexibility index (Phi) is 12.7. The summed E-state index contributed by atoms with van der Waals surface area (Å²) in [6.07, 6.45) is 11.8. The molecule has 1 aliphatic heterocycles. The van der Waals surface area contributed by atoms with Gasteiger partial charge in [0.25, 0.3) is 0 Å². The van der Waals surface area contributed by atoms with Crippen LogP contribution in [-0.4, -0.2) is 46.3 Å². The van der Waals surface area contributed by atoms with Crippen molar-refractivity contribution in [2.75, 3.05) is 31.1 Å². The second-order valence-electron chi connectivity index (χ2n) is 9.85. The summed E-state index contributed by atoms with van der Waals surface area (Å²) in [5.74, 6) is 0.0570. The average molecular weight is 512 g/mol. The normalized spacial score (nSPS) is 13.0. The Labute approximate surface area is 222 Å². The first-order valence-corrected chi connectivity index (χ1v) is 13.8. The molecule has 0 saturated carbocycles. The summed E-state index contributed by atoms with van der Waals surface area (Å²) in [5, 5.41) is 3.41. The number of carbonyl (C=O) groups excluding carboxylic acids is 1. The summed E-state index contributed by atoms with van der Waals surface area (Å²) < 4.78 is 15.3. The van der Waals surface area contributed by atoms with Crippen LogP contribution in [0, 0.1) is 26.6 Å². The number of anilines is 1. The monoisotopic (exact) mass is 511 g/mol. The summed E-state index contributed by atoms with van der Waals surface area (Å²) in [5.41, 5.74) is 7.71. The van der Waals surface area contributed by atoms with E-state index in [0.29, 0.717) is 5.65 Å². The number of fused-ring (bicyclic) bond motifs is 1. The van der Waals surface area contributed by atoms with E-state index in [9.17, 15) is 9.18 Å². The Balaban J connectivity index is 0.000000217. The highest BCUT2D eigenvalue weighted by Gasteiger charge is 2.18. The first kappa shape index (κ1) is 30.4. The van der Waals surface area contributed by atoms with E-state index >= 15 is 0 Å². The maximum absolute atomic E-state index is 13.5. The number of nitrogens with one attached hydrogen (secondary N) is 1. The number of pyridine rings is 2. The summed E-state index contributed by atoms with van der Waals surface area (Å²) in [4.78, 5) is 21.2. The van der Waals surface area contributed by atoms with Gasteiger partial charge >= 0.3 is 0 Å². The number of hydrogen-bond acceptors (Lipinski definition) is 5. The van der Waals surface area contributed by atoms with Crippen molar-refractivity contribution in [1.82, 2.24) is 19.7 Å². The lowest BCUT2D eigenvalue weighted by Gasteiger charge is -2.33. The van der Waals surface area contributed by atoms with Crippen LogP contribution in [0.2, 0.25) is 0 Å². The molecule has 1 fully saturated rings. The Morgan fingerprint density at radius 3 is 2.27 bits per heavy atom. The Morgan fingerprint density at radius 2 is 1.70 bits per heavy atom. The highest BCUT2D eigenvalue weighted by atomic mass is 19.1. The SMILES string of the molecule is CCCC(C)=O.CCCc1c(C)ncc(C)c1N1CCNCC1.CCCc1cc(F)c2nc(C)cn2c1. The molecular weight excluding hydrogens is 465 g/mol. The van der Waals surface area contributed by atoms with Crippen molar-refractivity contribution in [3.8, 4) is 0 Å². The van der Waals surface area contributed by atoms with Gasteiger partial charge in [-0.3, -0.25) is 4.98 Å². The summed E-state index contributed by atoms with van der Waals surface area (Å²) >= 11 is 0. The fourth-order valence-corrected chi connectivity index (χ4v) is 4.63. The maximum Gasteiger partial charge on any atom is 0.173 e. The van der Waals surface area contributed by atoms with E-state index in [0.717, 1.165) is 69.5 Å². The second-order valence-corrected chi connectivity index (χ2v) is 9.85. The molecule has 0 amide bonds. The van der Waals surface area contributed by atoms with Gasteiger partial charge in [-0.2, -0.15) is 0 Å². The summed E-state index contributed by atoms with van der Waals surface area (Å²) in [7, 11) is 0. The number of aromatic nitrogens is 3. The molecule has 4 heterocycles. The van der Waals surface area contributed by atoms with Crippen LogP contribution >= 0.6 is 0 Å². The van der Waals surface area contributed by atoms with Gasteiger partial charge < -0.3 is 19.4 Å². The Bertz CT molecular complexity index is 1130. The molecule has 1 aliphatic rings. The molecule has 1 N–H and O–H groups in total. The molecule has 0 bridgehead atoms. The molecule has 7 heteroatoms. The molecule has 0 aliphatic carbocycles. The third-order valence-corrected chi connectivity index (χ3v) is 6.31. The fourth-order valence-electron chi connectivity index (χ4n) is 4.63. The zero-order valence-electron chi connectivity index (χ0n) is 24.0. The van der Waals surface area contributed by atoms with Gasteiger partial charge in [-0.1, -0.05) is 33.6 Å². The molecule has 3 aromatic rings. The second kappa shape index (κ2) is 15.5. The van der Waals surface area contributed by atoms with Gasteiger partial charge in [-0.25, -0.2) is 9.37 Å². The minimum absolute atomic E-state index is 0.232. The molecule has 0 unspecified atom stereocenters. The Morgan fingerprint density at radius 1 is 1.03 bits per heavy atom. The van der Waals surface area contributed by atoms with Gasteiger partial charge in [0.2, 0.25) is 0 Å². The van der Waals surface area contributed by atoms with Crippen molar-refractivity contribution < 1.29 is 9.18 Å². The molecule has 0 aromatic carbocycles. The van der Waals surface area contributed by atoms with Crippen molar-refractivity contribution in [1.29, 1.82) is 0 Å². The van der Waals surface area contributed by atoms with Crippen LogP contribution in [0.3, 0.4) is 0 Å². The van der Waals surface area contributed by atoms with Gasteiger partial charge in [0, 0.05) is 62.6 Å². The predicted octanol–water partition coefficient (Wildman–Crippen LogP) is 6.17. The number of Topliss-reactive ketones (excluding diaryl/α,β-unsaturated/α-hetero) is 1. The quantitative estimate of drug-likeness (QED) is 0.411. The lowest BCUT2D eigenvalue weighted by Crippen LogP contribution is -2.44. The van der Waals surface area contributed by atoms with E-state index in [1.807, 2.05) is 32.4 Å². The molecule has 0 atom stereocenters. The summed E-state index contributed by atoms with van der Waals surface area (Å²) in [6.45, 7) is 18.5. The molecular formula is C30H46FN5O. The number of rotatable bonds is 7. The molecule has 0 spiro atoms. The highest BCUT2D eigenvalue weighted by molar-refractivity contribution is 5.75. The van der Waals surface area contributed by atoms with Gasteiger partial charge in [0.15, 0.2) is 11.5 Å². The number of imidazole rings is 1. The van der Waals surface area contributed by atoms with Crippen molar-refractivity contribution in [2.45, 2.75) is 87.0 Å². The van der Waals surface area contributed by atoms with E-state index < -0.39 is 0 Å². The van der Waals surface area contributed by atoms with E-state index in [-0.39, 0.29) is 11.6 Å². The molecule has 204 valence electrons. The number of hydrogen-bond donors (Lipinski definition) is 1. The standard InChI is InChI=1S/C14H23N3.C11H13FN2.C5H10O/c1-4-5-13-12(3)16-10-11(2)14(13)17-8-6-15-7-9-17;1-3-4-9-5-10(12)11-13-8(2)6-14(11)7-9;1-3-4-5(2)6/h10,15H,4-9H2,1-3H3;5-7H,3-4H2,1-2H3;3-4H2,1-2H3. The first-order chi connectivity index (χ1) is 17.7. The van der Waals surface area contributed by atoms with Crippen LogP contribution in [0.25, 0.3) is 5.65 Å². The van der Waals surface area contributed by atoms with E-state index in [2.05, 4.69) is 47.9 Å². The molecule has 0 radical (unpaired) electrons. The smallest absolute Gasteiger partial charge is 0.173 e. The molecule has 6 nitrogen and oxygen atoms in total. The molecule has 3 aromatic heterocycles. The van der Waals surface area contributed by atoms with Gasteiger partial charge in [-0.15, -0.1) is 0 Å². The largest absolute Gasteiger partial charge is 0.368 e. The van der Waals surface area contributed by atoms with Crippen LogP contribution in [0.4, 0.5) is 10.1 Å². The zero-order valence-corrected chi connectivity index (χ0v) is 24.0. The van der Waals surface area contributed by atoms with Crippen molar-refractivity contribution >= 4 is 17.1 Å². The lowest BCUT2D eigenvalue weighted by molar-refractivity contribution is -0.117. The van der Waals surface area contributed by atoms with Crippen molar-refractivity contribution in [3.63, 3.8) is 0 Å². The highest BCUT2D eigenvalue weighted by Crippen LogP contribution is 2.28. The topological polar surface area (TPSA) is 62.5 Å². The number of carbonyl (C=O) groups is 1. The van der Waals surface area contributed by atoms with Crippen molar-refractivity contribution in [2.24, 2.45) is 0 Å². The number of halogens is 1. The number of aryl methyl sites for hydroxylation is 4. The molecule has 4 rings (SSSR count).